The molecule has 0 unspecified atom stereocenters. The summed E-state index contributed by atoms with van der Waals surface area (Å²) >= 11 is 7.48. The molecule has 1 N–H and O–H groups in total. The lowest BCUT2D eigenvalue weighted by Gasteiger charge is -2.06. The Kier molecular flexibility index (Phi) is 6.04. The average molecular weight is 373 g/mol. The zero-order valence-electron chi connectivity index (χ0n) is 13.4. The van der Waals surface area contributed by atoms with Gasteiger partial charge in [0.1, 0.15) is 10.8 Å². The van der Waals surface area contributed by atoms with E-state index < -0.39 is 0 Å². The molecule has 2 aromatic carbocycles. The highest BCUT2D eigenvalue weighted by molar-refractivity contribution is 7.13. The van der Waals surface area contributed by atoms with Crippen LogP contribution in [0.25, 0.3) is 10.6 Å². The Bertz CT molecular complexity index is 819. The molecule has 0 saturated heterocycles. The first-order valence-electron chi connectivity index (χ1n) is 7.85. The van der Waals surface area contributed by atoms with E-state index in [1.807, 2.05) is 60.0 Å². The predicted octanol–water partition coefficient (Wildman–Crippen LogP) is 4.20. The molecule has 3 rings (SSSR count). The predicted molar refractivity (Wildman–Crippen MR) is 101 cm³/mol. The van der Waals surface area contributed by atoms with Crippen molar-refractivity contribution in [1.29, 1.82) is 0 Å². The molecule has 0 radical (unpaired) electrons. The van der Waals surface area contributed by atoms with Gasteiger partial charge in [0.25, 0.3) is 5.91 Å². The van der Waals surface area contributed by atoms with E-state index in [4.69, 9.17) is 16.3 Å². The summed E-state index contributed by atoms with van der Waals surface area (Å²) in [4.78, 5) is 16.4. The minimum absolute atomic E-state index is 0.0110. The van der Waals surface area contributed by atoms with Crippen molar-refractivity contribution in [3.63, 3.8) is 0 Å². The molecular formula is C19H17ClN2O2S. The lowest BCUT2D eigenvalue weighted by Crippen LogP contribution is -2.30. The van der Waals surface area contributed by atoms with Crippen LogP contribution in [0.3, 0.4) is 0 Å². The van der Waals surface area contributed by atoms with Crippen LogP contribution in [0.1, 0.15) is 5.69 Å². The molecule has 0 bridgehead atoms. The molecule has 128 valence electrons. The van der Waals surface area contributed by atoms with Gasteiger partial charge in [0.2, 0.25) is 0 Å². The summed E-state index contributed by atoms with van der Waals surface area (Å²) in [6, 6.07) is 16.9. The van der Waals surface area contributed by atoms with E-state index in [2.05, 4.69) is 10.3 Å². The monoisotopic (exact) mass is 372 g/mol. The number of rotatable bonds is 7. The normalized spacial score (nSPS) is 10.4. The van der Waals surface area contributed by atoms with Crippen LogP contribution < -0.4 is 10.1 Å². The van der Waals surface area contributed by atoms with Crippen molar-refractivity contribution in [2.24, 2.45) is 0 Å². The second-order valence-corrected chi connectivity index (χ2v) is 6.65. The molecule has 4 nitrogen and oxygen atoms in total. The summed E-state index contributed by atoms with van der Waals surface area (Å²) in [6.45, 7) is 0.540. The fourth-order valence-corrected chi connectivity index (χ4v) is 3.18. The van der Waals surface area contributed by atoms with E-state index >= 15 is 0 Å². The van der Waals surface area contributed by atoms with E-state index in [9.17, 15) is 4.79 Å². The molecule has 0 saturated carbocycles. The van der Waals surface area contributed by atoms with Gasteiger partial charge < -0.3 is 10.1 Å². The van der Waals surface area contributed by atoms with E-state index in [1.165, 1.54) is 0 Å². The maximum Gasteiger partial charge on any atom is 0.257 e. The Morgan fingerprint density at radius 2 is 1.88 bits per heavy atom. The summed E-state index contributed by atoms with van der Waals surface area (Å²) in [6.07, 6.45) is 0.682. The highest BCUT2D eigenvalue weighted by Crippen LogP contribution is 2.25. The quantitative estimate of drug-likeness (QED) is 0.676. The van der Waals surface area contributed by atoms with Crippen LogP contribution in [-0.2, 0) is 11.2 Å². The smallest absolute Gasteiger partial charge is 0.257 e. The average Bonchev–Trinajstić information content (AvgIpc) is 3.10. The highest BCUT2D eigenvalue weighted by atomic mass is 35.5. The summed E-state index contributed by atoms with van der Waals surface area (Å²) in [7, 11) is 0. The van der Waals surface area contributed by atoms with Gasteiger partial charge >= 0.3 is 0 Å². The second kappa shape index (κ2) is 8.65. The van der Waals surface area contributed by atoms with Gasteiger partial charge in [-0.05, 0) is 24.3 Å². The fraction of sp³-hybridized carbons (Fsp3) is 0.158. The van der Waals surface area contributed by atoms with Crippen molar-refractivity contribution >= 4 is 28.8 Å². The third-order valence-corrected chi connectivity index (χ3v) is 4.65. The number of aromatic nitrogens is 1. The standard InChI is InChI=1S/C19H17ClN2O2S/c20-15-8-6-14(7-9-15)19-22-16(13-25-19)10-11-21-18(23)12-24-17-4-2-1-3-5-17/h1-9,13H,10-12H2,(H,21,23). The van der Waals surface area contributed by atoms with Crippen LogP contribution in [0.15, 0.2) is 60.0 Å². The molecule has 0 atom stereocenters. The number of ether oxygens (including phenoxy) is 1. The van der Waals surface area contributed by atoms with Gasteiger partial charge in [-0.15, -0.1) is 11.3 Å². The Morgan fingerprint density at radius 1 is 1.12 bits per heavy atom. The van der Waals surface area contributed by atoms with Crippen LogP contribution in [0.4, 0.5) is 0 Å². The first kappa shape index (κ1) is 17.5. The van der Waals surface area contributed by atoms with Crippen LogP contribution in [0, 0.1) is 0 Å². The summed E-state index contributed by atoms with van der Waals surface area (Å²) in [5, 5.41) is 6.51. The van der Waals surface area contributed by atoms with Gasteiger partial charge in [-0.3, -0.25) is 4.79 Å². The molecular weight excluding hydrogens is 356 g/mol. The third kappa shape index (κ3) is 5.31. The Balaban J connectivity index is 1.43. The van der Waals surface area contributed by atoms with E-state index in [0.717, 1.165) is 16.3 Å². The molecule has 0 aliphatic rings. The molecule has 0 spiro atoms. The lowest BCUT2D eigenvalue weighted by atomic mass is 10.2. The lowest BCUT2D eigenvalue weighted by molar-refractivity contribution is -0.123. The summed E-state index contributed by atoms with van der Waals surface area (Å²) in [5.41, 5.74) is 2.00. The Hall–Kier alpha value is -2.37. The molecule has 0 fully saturated rings. The number of para-hydroxylation sites is 1. The van der Waals surface area contributed by atoms with Gasteiger partial charge in [0.15, 0.2) is 6.61 Å². The maximum absolute atomic E-state index is 11.8. The zero-order valence-corrected chi connectivity index (χ0v) is 15.0. The molecule has 1 heterocycles. The maximum atomic E-state index is 11.8. The number of hydrogen-bond acceptors (Lipinski definition) is 4. The minimum Gasteiger partial charge on any atom is -0.484 e. The number of thiazole rings is 1. The van der Waals surface area contributed by atoms with Gasteiger partial charge in [0.05, 0.1) is 5.69 Å². The van der Waals surface area contributed by atoms with Gasteiger partial charge in [0, 0.05) is 28.9 Å². The van der Waals surface area contributed by atoms with Gasteiger partial charge in [-0.1, -0.05) is 41.9 Å². The van der Waals surface area contributed by atoms with Crippen molar-refractivity contribution < 1.29 is 9.53 Å². The molecule has 6 heteroatoms. The molecule has 0 aliphatic carbocycles. The topological polar surface area (TPSA) is 51.2 Å². The number of hydrogen-bond donors (Lipinski definition) is 1. The van der Waals surface area contributed by atoms with Crippen LogP contribution in [-0.4, -0.2) is 24.0 Å². The molecule has 3 aromatic rings. The van der Waals surface area contributed by atoms with E-state index in [-0.39, 0.29) is 12.5 Å². The van der Waals surface area contributed by atoms with E-state index in [0.29, 0.717) is 23.7 Å². The summed E-state index contributed by atoms with van der Waals surface area (Å²) in [5.74, 6) is 0.543. The number of nitrogens with one attached hydrogen (secondary N) is 1. The Morgan fingerprint density at radius 3 is 2.64 bits per heavy atom. The number of amides is 1. The van der Waals surface area contributed by atoms with Crippen molar-refractivity contribution in [3.8, 4) is 16.3 Å². The first-order valence-corrected chi connectivity index (χ1v) is 9.11. The number of nitrogens with zero attached hydrogens (tertiary/aromatic N) is 1. The zero-order chi connectivity index (χ0) is 17.5. The third-order valence-electron chi connectivity index (χ3n) is 3.46. The summed E-state index contributed by atoms with van der Waals surface area (Å²) < 4.78 is 5.41. The number of halogens is 1. The van der Waals surface area contributed by atoms with Crippen molar-refractivity contribution in [1.82, 2.24) is 10.3 Å². The number of benzene rings is 2. The molecule has 0 aliphatic heterocycles. The van der Waals surface area contributed by atoms with Crippen molar-refractivity contribution in [2.75, 3.05) is 13.2 Å². The number of carbonyl (C=O) groups is 1. The molecule has 1 amide bonds. The molecule has 1 aromatic heterocycles. The van der Waals surface area contributed by atoms with Gasteiger partial charge in [-0.25, -0.2) is 4.98 Å². The van der Waals surface area contributed by atoms with Crippen LogP contribution in [0.2, 0.25) is 5.02 Å². The Labute approximate surface area is 155 Å². The largest absolute Gasteiger partial charge is 0.484 e. The van der Waals surface area contributed by atoms with Crippen LogP contribution in [0.5, 0.6) is 5.75 Å². The van der Waals surface area contributed by atoms with E-state index in [1.54, 1.807) is 11.3 Å². The minimum atomic E-state index is -0.142. The van der Waals surface area contributed by atoms with Gasteiger partial charge in [-0.2, -0.15) is 0 Å². The highest BCUT2D eigenvalue weighted by Gasteiger charge is 2.06. The van der Waals surface area contributed by atoms with Crippen LogP contribution >= 0.6 is 22.9 Å². The number of carbonyl (C=O) groups excluding carboxylic acids is 1. The van der Waals surface area contributed by atoms with Crippen molar-refractivity contribution in [2.45, 2.75) is 6.42 Å². The first-order chi connectivity index (χ1) is 12.2. The van der Waals surface area contributed by atoms with Crippen molar-refractivity contribution in [3.05, 3.63) is 70.7 Å². The second-order valence-electron chi connectivity index (χ2n) is 5.35. The molecule has 25 heavy (non-hydrogen) atoms. The SMILES string of the molecule is O=C(COc1ccccc1)NCCc1csc(-c2ccc(Cl)cc2)n1. The fourth-order valence-electron chi connectivity index (χ4n) is 2.19.